The van der Waals surface area contributed by atoms with Crippen molar-refractivity contribution in [2.24, 2.45) is 11.3 Å². The highest BCUT2D eigenvalue weighted by molar-refractivity contribution is 7.89. The third-order valence-electron chi connectivity index (χ3n) is 6.83. The Balaban J connectivity index is 1.63. The third-order valence-corrected chi connectivity index (χ3v) is 7.39. The van der Waals surface area contributed by atoms with Crippen molar-refractivity contribution >= 4 is 22.0 Å². The number of hydrogen-bond donors (Lipinski definition) is 3. The fourth-order valence-electron chi connectivity index (χ4n) is 4.73. The van der Waals surface area contributed by atoms with Crippen molar-refractivity contribution in [1.82, 2.24) is 10.0 Å². The van der Waals surface area contributed by atoms with Gasteiger partial charge in [0.15, 0.2) is 0 Å². The van der Waals surface area contributed by atoms with Crippen LogP contribution in [-0.4, -0.2) is 44.4 Å². The lowest BCUT2D eigenvalue weighted by molar-refractivity contribution is 0.0613. The number of carbonyl (C=O) groups excluding carboxylic acids is 2. The predicted molar refractivity (Wildman–Crippen MR) is 166 cm³/mol. The van der Waals surface area contributed by atoms with Crippen LogP contribution in [0.1, 0.15) is 67.8 Å². The number of alkyl carbamates (subject to hydrolysis) is 1. The molecular formula is C33H42N2O6S. The maximum Gasteiger partial charge on any atom is 0.407 e. The number of ether oxygens (including phenoxy) is 1. The van der Waals surface area contributed by atoms with Gasteiger partial charge in [-0.3, -0.25) is 4.79 Å². The van der Waals surface area contributed by atoms with Crippen molar-refractivity contribution in [3.63, 3.8) is 0 Å². The second-order valence-corrected chi connectivity index (χ2v) is 13.8. The van der Waals surface area contributed by atoms with E-state index in [1.54, 1.807) is 12.1 Å². The van der Waals surface area contributed by atoms with Gasteiger partial charge in [0.25, 0.3) is 5.91 Å². The lowest BCUT2D eigenvalue weighted by Crippen LogP contribution is -2.48. The standard InChI is InChI=1S/C33H42N2O6S/c1-22(2)20-27-21-26(16-17-28(27)31(37)35-42(6,39)40)24-14-12-23(13-15-24)18-19-41-32(38)34-30(33(3,4)5)29(36)25-10-8-7-9-11-25/h7-17,21-22,29-30,36H,18-20H2,1-6H3,(H,34,38)(H,35,37)/t29-,30?/m1/s1. The number of carbonyl (C=O) groups is 2. The Labute approximate surface area is 249 Å². The molecule has 2 atom stereocenters. The lowest BCUT2D eigenvalue weighted by Gasteiger charge is -2.35. The molecule has 3 N–H and O–H groups in total. The molecule has 0 saturated carbocycles. The molecule has 0 aliphatic carbocycles. The van der Waals surface area contributed by atoms with E-state index in [1.165, 1.54) is 0 Å². The molecule has 0 heterocycles. The Kier molecular flexibility index (Phi) is 10.9. The molecule has 1 unspecified atom stereocenters. The van der Waals surface area contributed by atoms with Crippen LogP contribution in [-0.2, 0) is 27.6 Å². The van der Waals surface area contributed by atoms with Crippen LogP contribution >= 0.6 is 0 Å². The van der Waals surface area contributed by atoms with E-state index in [2.05, 4.69) is 10.0 Å². The monoisotopic (exact) mass is 594 g/mol. The summed E-state index contributed by atoms with van der Waals surface area (Å²) in [5.41, 5.74) is 4.27. The first kappa shape index (κ1) is 32.8. The van der Waals surface area contributed by atoms with E-state index in [-0.39, 0.29) is 12.5 Å². The molecule has 0 bridgehead atoms. The van der Waals surface area contributed by atoms with Crippen LogP contribution in [0.15, 0.2) is 72.8 Å². The summed E-state index contributed by atoms with van der Waals surface area (Å²) in [6.07, 6.45) is 0.628. The summed E-state index contributed by atoms with van der Waals surface area (Å²) >= 11 is 0. The van der Waals surface area contributed by atoms with Crippen LogP contribution in [0.4, 0.5) is 4.79 Å². The van der Waals surface area contributed by atoms with Crippen molar-refractivity contribution < 1.29 is 27.9 Å². The first-order chi connectivity index (χ1) is 19.6. The van der Waals surface area contributed by atoms with E-state index >= 15 is 0 Å². The smallest absolute Gasteiger partial charge is 0.407 e. The molecule has 42 heavy (non-hydrogen) atoms. The summed E-state index contributed by atoms with van der Waals surface area (Å²) in [7, 11) is -3.67. The second-order valence-electron chi connectivity index (χ2n) is 12.1. The molecule has 3 aromatic carbocycles. The summed E-state index contributed by atoms with van der Waals surface area (Å²) in [4.78, 5) is 25.2. The Hall–Kier alpha value is -3.69. The Morgan fingerprint density at radius 2 is 1.55 bits per heavy atom. The SMILES string of the molecule is CC(C)Cc1cc(-c2ccc(CCOC(=O)NC([C@H](O)c3ccccc3)C(C)(C)C)cc2)ccc1C(=O)NS(C)(=O)=O. The van der Waals surface area contributed by atoms with E-state index < -0.39 is 39.6 Å². The van der Waals surface area contributed by atoms with Gasteiger partial charge in [-0.05, 0) is 51.6 Å². The Morgan fingerprint density at radius 3 is 2.12 bits per heavy atom. The van der Waals surface area contributed by atoms with Crippen LogP contribution < -0.4 is 10.0 Å². The van der Waals surface area contributed by atoms with Gasteiger partial charge in [-0.15, -0.1) is 0 Å². The molecule has 0 aromatic heterocycles. The van der Waals surface area contributed by atoms with Crippen LogP contribution in [0, 0.1) is 11.3 Å². The molecule has 3 rings (SSSR count). The first-order valence-corrected chi connectivity index (χ1v) is 15.9. The molecule has 0 spiro atoms. The van der Waals surface area contributed by atoms with Gasteiger partial charge < -0.3 is 15.2 Å². The molecule has 0 radical (unpaired) electrons. The lowest BCUT2D eigenvalue weighted by atomic mass is 9.81. The topological polar surface area (TPSA) is 122 Å². The summed E-state index contributed by atoms with van der Waals surface area (Å²) < 4.78 is 30.7. The number of rotatable bonds is 11. The van der Waals surface area contributed by atoms with E-state index in [9.17, 15) is 23.1 Å². The van der Waals surface area contributed by atoms with Gasteiger partial charge >= 0.3 is 6.09 Å². The fourth-order valence-corrected chi connectivity index (χ4v) is 5.18. The Bertz CT molecular complexity index is 1460. The maximum absolute atomic E-state index is 12.6. The van der Waals surface area contributed by atoms with E-state index in [4.69, 9.17) is 4.74 Å². The highest BCUT2D eigenvalue weighted by Crippen LogP contribution is 2.30. The zero-order valence-electron chi connectivity index (χ0n) is 25.2. The quantitative estimate of drug-likeness (QED) is 0.263. The van der Waals surface area contributed by atoms with Gasteiger partial charge in [-0.25, -0.2) is 17.9 Å². The molecule has 8 nitrogen and oxygen atoms in total. The third kappa shape index (κ3) is 9.70. The van der Waals surface area contributed by atoms with Gasteiger partial charge in [-0.2, -0.15) is 0 Å². The Morgan fingerprint density at radius 1 is 0.929 bits per heavy atom. The average molecular weight is 595 g/mol. The van der Waals surface area contributed by atoms with Crippen molar-refractivity contribution in [3.8, 4) is 11.1 Å². The van der Waals surface area contributed by atoms with Crippen molar-refractivity contribution in [2.45, 2.75) is 59.6 Å². The summed E-state index contributed by atoms with van der Waals surface area (Å²) in [6.45, 7) is 10.1. The maximum atomic E-state index is 12.6. The average Bonchev–Trinajstić information content (AvgIpc) is 2.90. The molecule has 3 aromatic rings. The van der Waals surface area contributed by atoms with Gasteiger partial charge in [0.2, 0.25) is 10.0 Å². The van der Waals surface area contributed by atoms with E-state index in [0.29, 0.717) is 18.4 Å². The van der Waals surface area contributed by atoms with Crippen LogP contribution in [0.25, 0.3) is 11.1 Å². The number of sulfonamides is 1. The molecular weight excluding hydrogens is 552 g/mol. The second kappa shape index (κ2) is 14.0. The predicted octanol–water partition coefficient (Wildman–Crippen LogP) is 5.66. The number of nitrogens with one attached hydrogen (secondary N) is 2. The number of aliphatic hydroxyl groups is 1. The zero-order chi connectivity index (χ0) is 31.1. The van der Waals surface area contributed by atoms with Gasteiger partial charge in [0.1, 0.15) is 0 Å². The van der Waals surface area contributed by atoms with Crippen LogP contribution in [0.2, 0.25) is 0 Å². The summed E-state index contributed by atoms with van der Waals surface area (Å²) in [5, 5.41) is 13.8. The van der Waals surface area contributed by atoms with E-state index in [1.807, 2.05) is 95.3 Å². The van der Waals surface area contributed by atoms with Crippen molar-refractivity contribution in [3.05, 3.63) is 95.1 Å². The molecule has 0 fully saturated rings. The molecule has 0 saturated heterocycles. The van der Waals surface area contributed by atoms with Crippen molar-refractivity contribution in [2.75, 3.05) is 12.9 Å². The largest absolute Gasteiger partial charge is 0.449 e. The normalized spacial score (nSPS) is 13.3. The minimum atomic E-state index is -3.67. The van der Waals surface area contributed by atoms with Gasteiger partial charge in [0.05, 0.1) is 25.0 Å². The number of aliphatic hydroxyl groups excluding tert-OH is 1. The number of amides is 2. The summed E-state index contributed by atoms with van der Waals surface area (Å²) in [6, 6.07) is 21.9. The number of benzene rings is 3. The van der Waals surface area contributed by atoms with E-state index in [0.717, 1.165) is 34.1 Å². The molecule has 226 valence electrons. The molecule has 2 amide bonds. The fraction of sp³-hybridized carbons (Fsp3) is 0.394. The highest BCUT2D eigenvalue weighted by atomic mass is 32.2. The van der Waals surface area contributed by atoms with Gasteiger partial charge in [-0.1, -0.05) is 101 Å². The minimum Gasteiger partial charge on any atom is -0.449 e. The van der Waals surface area contributed by atoms with Gasteiger partial charge in [0, 0.05) is 12.0 Å². The molecule has 0 aliphatic heterocycles. The first-order valence-electron chi connectivity index (χ1n) is 14.0. The zero-order valence-corrected chi connectivity index (χ0v) is 26.0. The van der Waals surface area contributed by atoms with Crippen molar-refractivity contribution in [1.29, 1.82) is 0 Å². The highest BCUT2D eigenvalue weighted by Gasteiger charge is 2.34. The molecule has 0 aliphatic rings. The van der Waals surface area contributed by atoms with Crippen LogP contribution in [0.5, 0.6) is 0 Å². The van der Waals surface area contributed by atoms with Crippen LogP contribution in [0.3, 0.4) is 0 Å². The molecule has 9 heteroatoms. The summed E-state index contributed by atoms with van der Waals surface area (Å²) in [5.74, 6) is -0.368. The number of hydrogen-bond acceptors (Lipinski definition) is 6. The minimum absolute atomic E-state index is 0.173.